The monoisotopic (exact) mass is 299 g/mol. The van der Waals surface area contributed by atoms with E-state index in [-0.39, 0.29) is 6.10 Å². The Kier molecular flexibility index (Phi) is 5.70. The minimum atomic E-state index is 0.192. The highest BCUT2D eigenvalue weighted by atomic mass is 16.5. The Morgan fingerprint density at radius 2 is 1.27 bits per heavy atom. The Hall–Kier alpha value is -2.16. The van der Waals surface area contributed by atoms with Crippen molar-refractivity contribution in [3.63, 3.8) is 0 Å². The molecule has 0 saturated heterocycles. The van der Waals surface area contributed by atoms with Crippen LogP contribution >= 0.6 is 0 Å². The number of ether oxygens (including phenoxy) is 2. The third-order valence-electron chi connectivity index (χ3n) is 2.95. The van der Waals surface area contributed by atoms with Crippen LogP contribution in [0.5, 0.6) is 11.5 Å². The van der Waals surface area contributed by atoms with Crippen molar-refractivity contribution in [2.45, 2.75) is 33.8 Å². The second-order valence-electron chi connectivity index (χ2n) is 6.05. The Morgan fingerprint density at radius 3 is 1.73 bits per heavy atom. The predicted octanol–water partition coefficient (Wildman–Crippen LogP) is 5.25. The molecule has 0 bridgehead atoms. The van der Waals surface area contributed by atoms with Gasteiger partial charge in [-0.3, -0.25) is 0 Å². The minimum absolute atomic E-state index is 0.192. The van der Waals surface area contributed by atoms with Gasteiger partial charge in [0.1, 0.15) is 11.5 Å². The van der Waals surface area contributed by atoms with E-state index in [0.29, 0.717) is 5.92 Å². The molecular formula is C19H25NO2. The standard InChI is InChI=1S/C19H25NO2/c1-14(2)13-21-18-9-5-16(6-10-18)20-17-7-11-19(12-8-17)22-15(3)4/h5-12,14-15,20H,13H2,1-4H3. The van der Waals surface area contributed by atoms with Crippen LogP contribution in [0.1, 0.15) is 27.7 Å². The van der Waals surface area contributed by atoms with Crippen molar-refractivity contribution in [3.05, 3.63) is 48.5 Å². The van der Waals surface area contributed by atoms with Gasteiger partial charge in [0, 0.05) is 11.4 Å². The van der Waals surface area contributed by atoms with Gasteiger partial charge >= 0.3 is 0 Å². The van der Waals surface area contributed by atoms with Gasteiger partial charge in [-0.05, 0) is 68.3 Å². The summed E-state index contributed by atoms with van der Waals surface area (Å²) >= 11 is 0. The van der Waals surface area contributed by atoms with Gasteiger partial charge in [-0.15, -0.1) is 0 Å². The van der Waals surface area contributed by atoms with E-state index in [0.717, 1.165) is 29.5 Å². The van der Waals surface area contributed by atoms with Crippen LogP contribution in [0.3, 0.4) is 0 Å². The molecule has 0 spiro atoms. The highest BCUT2D eigenvalue weighted by Gasteiger charge is 2.00. The normalized spacial score (nSPS) is 10.8. The molecular weight excluding hydrogens is 274 g/mol. The molecule has 0 amide bonds. The highest BCUT2D eigenvalue weighted by Crippen LogP contribution is 2.22. The molecule has 0 aliphatic heterocycles. The summed E-state index contributed by atoms with van der Waals surface area (Å²) in [7, 11) is 0. The molecule has 0 aromatic heterocycles. The second kappa shape index (κ2) is 7.74. The molecule has 2 aromatic carbocycles. The van der Waals surface area contributed by atoms with E-state index in [4.69, 9.17) is 9.47 Å². The summed E-state index contributed by atoms with van der Waals surface area (Å²) in [5.41, 5.74) is 2.07. The fourth-order valence-electron chi connectivity index (χ4n) is 1.95. The highest BCUT2D eigenvalue weighted by molar-refractivity contribution is 5.61. The Bertz CT molecular complexity index is 559. The molecule has 2 rings (SSSR count). The van der Waals surface area contributed by atoms with Crippen LogP contribution in [0.4, 0.5) is 11.4 Å². The van der Waals surface area contributed by atoms with Crippen LogP contribution in [0, 0.1) is 5.92 Å². The van der Waals surface area contributed by atoms with E-state index >= 15 is 0 Å². The number of hydrogen-bond donors (Lipinski definition) is 1. The fourth-order valence-corrected chi connectivity index (χ4v) is 1.95. The SMILES string of the molecule is CC(C)COc1ccc(Nc2ccc(OC(C)C)cc2)cc1. The van der Waals surface area contributed by atoms with Crippen molar-refractivity contribution in [2.75, 3.05) is 11.9 Å². The van der Waals surface area contributed by atoms with E-state index in [1.54, 1.807) is 0 Å². The lowest BCUT2D eigenvalue weighted by Gasteiger charge is -2.12. The first-order valence-electron chi connectivity index (χ1n) is 7.79. The van der Waals surface area contributed by atoms with Crippen molar-refractivity contribution < 1.29 is 9.47 Å². The summed E-state index contributed by atoms with van der Waals surface area (Å²) in [5, 5.41) is 3.37. The summed E-state index contributed by atoms with van der Waals surface area (Å²) in [6.07, 6.45) is 0.192. The molecule has 0 aliphatic rings. The van der Waals surface area contributed by atoms with Gasteiger partial charge in [0.05, 0.1) is 12.7 Å². The van der Waals surface area contributed by atoms with E-state index in [1.165, 1.54) is 0 Å². The molecule has 0 unspecified atom stereocenters. The third-order valence-corrected chi connectivity index (χ3v) is 2.95. The zero-order valence-electron chi connectivity index (χ0n) is 13.8. The van der Waals surface area contributed by atoms with Crippen molar-refractivity contribution in [3.8, 4) is 11.5 Å². The van der Waals surface area contributed by atoms with Crippen LogP contribution in [0.15, 0.2) is 48.5 Å². The van der Waals surface area contributed by atoms with Crippen LogP contribution in [-0.2, 0) is 0 Å². The number of anilines is 2. The smallest absolute Gasteiger partial charge is 0.119 e. The molecule has 1 N–H and O–H groups in total. The van der Waals surface area contributed by atoms with Crippen molar-refractivity contribution in [1.82, 2.24) is 0 Å². The van der Waals surface area contributed by atoms with Gasteiger partial charge in [0.25, 0.3) is 0 Å². The number of hydrogen-bond acceptors (Lipinski definition) is 3. The van der Waals surface area contributed by atoms with Gasteiger partial charge in [-0.25, -0.2) is 0 Å². The fraction of sp³-hybridized carbons (Fsp3) is 0.368. The Labute approximate surface area is 133 Å². The molecule has 3 heteroatoms. The molecule has 0 aliphatic carbocycles. The lowest BCUT2D eigenvalue weighted by atomic mass is 10.2. The number of nitrogens with one attached hydrogen (secondary N) is 1. The van der Waals surface area contributed by atoms with E-state index < -0.39 is 0 Å². The van der Waals surface area contributed by atoms with E-state index in [1.807, 2.05) is 62.4 Å². The second-order valence-corrected chi connectivity index (χ2v) is 6.05. The zero-order valence-corrected chi connectivity index (χ0v) is 13.8. The van der Waals surface area contributed by atoms with Gasteiger partial charge in [0.15, 0.2) is 0 Å². The van der Waals surface area contributed by atoms with Crippen molar-refractivity contribution in [1.29, 1.82) is 0 Å². The molecule has 0 saturated carbocycles. The summed E-state index contributed by atoms with van der Waals surface area (Å²) in [6.45, 7) is 9.07. The first-order valence-corrected chi connectivity index (χ1v) is 7.79. The molecule has 2 aromatic rings. The van der Waals surface area contributed by atoms with E-state index in [2.05, 4.69) is 19.2 Å². The van der Waals surface area contributed by atoms with Gasteiger partial charge in [-0.1, -0.05) is 13.8 Å². The summed E-state index contributed by atoms with van der Waals surface area (Å²) in [5.74, 6) is 2.32. The summed E-state index contributed by atoms with van der Waals surface area (Å²) < 4.78 is 11.3. The lowest BCUT2D eigenvalue weighted by Crippen LogP contribution is -2.05. The quantitative estimate of drug-likeness (QED) is 0.757. The van der Waals surface area contributed by atoms with E-state index in [9.17, 15) is 0 Å². The van der Waals surface area contributed by atoms with Crippen LogP contribution < -0.4 is 14.8 Å². The predicted molar refractivity (Wildman–Crippen MR) is 92.3 cm³/mol. The number of rotatable bonds is 7. The minimum Gasteiger partial charge on any atom is -0.493 e. The topological polar surface area (TPSA) is 30.5 Å². The summed E-state index contributed by atoms with van der Waals surface area (Å²) in [6, 6.07) is 16.0. The van der Waals surface area contributed by atoms with Gasteiger partial charge in [0.2, 0.25) is 0 Å². The number of benzene rings is 2. The molecule has 0 fully saturated rings. The third kappa shape index (κ3) is 5.32. The molecule has 0 heterocycles. The first-order chi connectivity index (χ1) is 10.5. The van der Waals surface area contributed by atoms with Gasteiger partial charge in [-0.2, -0.15) is 0 Å². The molecule has 22 heavy (non-hydrogen) atoms. The zero-order chi connectivity index (χ0) is 15.9. The average molecular weight is 299 g/mol. The average Bonchev–Trinajstić information content (AvgIpc) is 2.48. The molecule has 118 valence electrons. The Balaban J connectivity index is 1.93. The van der Waals surface area contributed by atoms with Crippen molar-refractivity contribution >= 4 is 11.4 Å². The Morgan fingerprint density at radius 1 is 0.773 bits per heavy atom. The molecule has 0 radical (unpaired) electrons. The van der Waals surface area contributed by atoms with Crippen molar-refractivity contribution in [2.24, 2.45) is 5.92 Å². The maximum atomic E-state index is 5.68. The largest absolute Gasteiger partial charge is 0.493 e. The molecule has 3 nitrogen and oxygen atoms in total. The summed E-state index contributed by atoms with van der Waals surface area (Å²) in [4.78, 5) is 0. The van der Waals surface area contributed by atoms with Crippen LogP contribution in [0.2, 0.25) is 0 Å². The maximum Gasteiger partial charge on any atom is 0.119 e. The van der Waals surface area contributed by atoms with Gasteiger partial charge < -0.3 is 14.8 Å². The maximum absolute atomic E-state index is 5.68. The van der Waals surface area contributed by atoms with Crippen LogP contribution in [-0.4, -0.2) is 12.7 Å². The first kappa shape index (κ1) is 16.2. The van der Waals surface area contributed by atoms with Crippen LogP contribution in [0.25, 0.3) is 0 Å². The molecule has 0 atom stereocenters. The lowest BCUT2D eigenvalue weighted by molar-refractivity contribution is 0.242.